The molecule has 0 aromatic heterocycles. The van der Waals surface area contributed by atoms with Gasteiger partial charge in [0.15, 0.2) is 0 Å². The van der Waals surface area contributed by atoms with E-state index in [0.717, 1.165) is 12.0 Å². The molecule has 3 rings (SSSR count). The number of carbonyl (C=O) groups is 1. The molecule has 0 bridgehead atoms. The van der Waals surface area contributed by atoms with E-state index >= 15 is 0 Å². The fourth-order valence-electron chi connectivity index (χ4n) is 2.32. The number of hydrogen-bond donors (Lipinski definition) is 0. The predicted molar refractivity (Wildman–Crippen MR) is 97.1 cm³/mol. The van der Waals surface area contributed by atoms with E-state index in [1.54, 1.807) is 0 Å². The van der Waals surface area contributed by atoms with Gasteiger partial charge in [-0.25, -0.2) is 24.3 Å². The van der Waals surface area contributed by atoms with Gasteiger partial charge in [0.1, 0.15) is 5.78 Å². The van der Waals surface area contributed by atoms with Crippen LogP contribution in [0.25, 0.3) is 0 Å². The van der Waals surface area contributed by atoms with Gasteiger partial charge >= 0.3 is 17.1 Å². The summed E-state index contributed by atoms with van der Waals surface area (Å²) >= 11 is 0. The first-order valence-electron chi connectivity index (χ1n) is 7.98. The molecule has 0 aliphatic heterocycles. The summed E-state index contributed by atoms with van der Waals surface area (Å²) < 4.78 is 0. The predicted octanol–water partition coefficient (Wildman–Crippen LogP) is 5.63. The largest absolute Gasteiger partial charge is 2.00 e. The van der Waals surface area contributed by atoms with E-state index in [-0.39, 0.29) is 28.3 Å². The molecule has 0 aliphatic rings. The monoisotopic (exact) mass is 360 g/mol. The fraction of sp³-hybridized carbons (Fsp3) is 0.227. The topological polar surface area (TPSA) is 17.1 Å². The van der Waals surface area contributed by atoms with Crippen LogP contribution in [0.3, 0.4) is 0 Å². The molecule has 0 aliphatic carbocycles. The maximum absolute atomic E-state index is 11.5. The Hall–Kier alpha value is -1.89. The molecule has 0 N–H and O–H groups in total. The number of rotatable bonds is 3. The van der Waals surface area contributed by atoms with E-state index in [0.29, 0.717) is 0 Å². The van der Waals surface area contributed by atoms with Gasteiger partial charge < -0.3 is 4.79 Å². The second-order valence-corrected chi connectivity index (χ2v) is 6.71. The molecule has 0 radical (unpaired) electrons. The minimum Gasteiger partial charge on any atom is -0.308 e. The first kappa shape index (κ1) is 20.2. The van der Waals surface area contributed by atoms with Crippen molar-refractivity contribution >= 4 is 5.78 Å². The van der Waals surface area contributed by atoms with Crippen molar-refractivity contribution in [1.29, 1.82) is 0 Å². The third-order valence-corrected chi connectivity index (χ3v) is 3.59. The first-order valence-corrected chi connectivity index (χ1v) is 7.98. The molecule has 0 heterocycles. The SMILES string of the molecule is CC(C)(C)C(=O)[c-]1cccc1.[Fe+2].c1ccc(C[c-]2cccc2)cc1. The molecule has 0 spiro atoms. The van der Waals surface area contributed by atoms with Crippen molar-refractivity contribution in [2.45, 2.75) is 27.2 Å². The third-order valence-electron chi connectivity index (χ3n) is 3.59. The van der Waals surface area contributed by atoms with Crippen molar-refractivity contribution in [3.63, 3.8) is 0 Å². The molecule has 3 aromatic rings. The Morgan fingerprint density at radius 3 is 1.83 bits per heavy atom. The molecule has 3 aromatic carbocycles. The molecule has 0 saturated heterocycles. The van der Waals surface area contributed by atoms with Crippen LogP contribution in [-0.2, 0) is 23.5 Å². The van der Waals surface area contributed by atoms with E-state index in [4.69, 9.17) is 0 Å². The van der Waals surface area contributed by atoms with Gasteiger partial charge in [0, 0.05) is 5.41 Å². The number of benzene rings is 1. The van der Waals surface area contributed by atoms with Crippen LogP contribution in [0.2, 0.25) is 0 Å². The second-order valence-electron chi connectivity index (χ2n) is 6.71. The first-order chi connectivity index (χ1) is 11.0. The van der Waals surface area contributed by atoms with Gasteiger partial charge in [0.05, 0.1) is 0 Å². The Labute approximate surface area is 155 Å². The summed E-state index contributed by atoms with van der Waals surface area (Å²) in [6.45, 7) is 5.80. The van der Waals surface area contributed by atoms with Crippen LogP contribution < -0.4 is 0 Å². The van der Waals surface area contributed by atoms with Crippen molar-refractivity contribution in [3.8, 4) is 0 Å². The van der Waals surface area contributed by atoms with E-state index in [1.165, 1.54) is 11.1 Å². The average Bonchev–Trinajstić information content (AvgIpc) is 3.20. The van der Waals surface area contributed by atoms with E-state index < -0.39 is 0 Å². The third kappa shape index (κ3) is 6.31. The zero-order chi connectivity index (χ0) is 16.7. The van der Waals surface area contributed by atoms with Crippen LogP contribution in [0.4, 0.5) is 0 Å². The molecule has 1 nitrogen and oxygen atoms in total. The molecule has 0 saturated carbocycles. The Balaban J connectivity index is 0.000000232. The van der Waals surface area contributed by atoms with Gasteiger partial charge in [-0.3, -0.25) is 0 Å². The molecule has 0 fully saturated rings. The maximum atomic E-state index is 11.5. The van der Waals surface area contributed by atoms with Crippen LogP contribution in [0.15, 0.2) is 78.9 Å². The van der Waals surface area contributed by atoms with Crippen molar-refractivity contribution in [2.75, 3.05) is 0 Å². The van der Waals surface area contributed by atoms with Gasteiger partial charge in [-0.05, 0) is 6.42 Å². The summed E-state index contributed by atoms with van der Waals surface area (Å²) in [7, 11) is 0. The van der Waals surface area contributed by atoms with Crippen LogP contribution in [0.5, 0.6) is 0 Å². The van der Waals surface area contributed by atoms with Crippen LogP contribution in [0, 0.1) is 5.41 Å². The summed E-state index contributed by atoms with van der Waals surface area (Å²) in [5.41, 5.74) is 3.33. The summed E-state index contributed by atoms with van der Waals surface area (Å²) in [5, 5.41) is 0. The van der Waals surface area contributed by atoms with Gasteiger partial charge in [-0.2, -0.15) is 29.8 Å². The Morgan fingerprint density at radius 2 is 1.33 bits per heavy atom. The normalized spacial score (nSPS) is 10.3. The standard InChI is InChI=1S/C12H11.C10H13O.Fe/c1-2-6-11(7-3-1)10-12-8-4-5-9-12;1-10(2,3)9(11)8-6-4-5-7-8;/h1-9H,10H2;4-7H,1-3H3;/q2*-1;+2. The average molecular weight is 360 g/mol. The molecule has 0 unspecified atom stereocenters. The van der Waals surface area contributed by atoms with Gasteiger partial charge in [0.2, 0.25) is 0 Å². The van der Waals surface area contributed by atoms with Crippen LogP contribution in [0.1, 0.15) is 42.3 Å². The molecular formula is C22H24FeO. The minimum atomic E-state index is -0.256. The fourth-order valence-corrected chi connectivity index (χ4v) is 2.32. The van der Waals surface area contributed by atoms with Crippen molar-refractivity contribution in [2.24, 2.45) is 5.41 Å². The van der Waals surface area contributed by atoms with E-state index in [9.17, 15) is 4.79 Å². The maximum Gasteiger partial charge on any atom is 2.00 e. The molecule has 126 valence electrons. The summed E-state index contributed by atoms with van der Waals surface area (Å²) in [6, 6.07) is 26.5. The molecule has 2 heteroatoms. The summed E-state index contributed by atoms with van der Waals surface area (Å²) in [4.78, 5) is 11.5. The molecule has 0 amide bonds. The second kappa shape index (κ2) is 9.42. The summed E-state index contributed by atoms with van der Waals surface area (Å²) in [5.74, 6) is 0.211. The number of carbonyl (C=O) groups excluding carboxylic acids is 1. The number of hydrogen-bond acceptors (Lipinski definition) is 1. The van der Waals surface area contributed by atoms with Crippen molar-refractivity contribution in [3.05, 3.63) is 95.6 Å². The minimum absolute atomic E-state index is 0. The van der Waals surface area contributed by atoms with Crippen LogP contribution in [-0.4, -0.2) is 5.78 Å². The van der Waals surface area contributed by atoms with Gasteiger partial charge in [-0.1, -0.05) is 62.2 Å². The van der Waals surface area contributed by atoms with E-state index in [2.05, 4.69) is 54.6 Å². The number of Topliss-reactive ketones (excluding diaryl/α,β-unsaturated/α-hetero) is 1. The quantitative estimate of drug-likeness (QED) is 0.336. The van der Waals surface area contributed by atoms with Crippen LogP contribution >= 0.6 is 0 Å². The van der Waals surface area contributed by atoms with Crippen molar-refractivity contribution in [1.82, 2.24) is 0 Å². The smallest absolute Gasteiger partial charge is 0.308 e. The molecule has 0 atom stereocenters. The van der Waals surface area contributed by atoms with Gasteiger partial charge in [-0.15, -0.1) is 0 Å². The van der Waals surface area contributed by atoms with Gasteiger partial charge in [0.25, 0.3) is 0 Å². The number of ketones is 1. The zero-order valence-corrected chi connectivity index (χ0v) is 15.6. The van der Waals surface area contributed by atoms with Crippen molar-refractivity contribution < 1.29 is 21.9 Å². The Kier molecular flexibility index (Phi) is 7.91. The molecular weight excluding hydrogens is 336 g/mol. The zero-order valence-electron chi connectivity index (χ0n) is 14.5. The Morgan fingerprint density at radius 1 is 0.833 bits per heavy atom. The summed E-state index contributed by atoms with van der Waals surface area (Å²) in [6.07, 6.45) is 1.05. The molecule has 24 heavy (non-hydrogen) atoms. The Bertz CT molecular complexity index is 686. The van der Waals surface area contributed by atoms with E-state index in [1.807, 2.05) is 45.0 Å².